The first-order valence-corrected chi connectivity index (χ1v) is 15.8. The number of amidine groups is 1. The van der Waals surface area contributed by atoms with E-state index in [2.05, 4.69) is 19.8 Å². The van der Waals surface area contributed by atoms with E-state index in [9.17, 15) is 23.7 Å². The second-order valence-corrected chi connectivity index (χ2v) is 11.6. The van der Waals surface area contributed by atoms with Gasteiger partial charge in [-0.25, -0.2) is 24.0 Å². The van der Waals surface area contributed by atoms with Gasteiger partial charge < -0.3 is 30.0 Å². The summed E-state index contributed by atoms with van der Waals surface area (Å²) in [5, 5.41) is 2.93. The number of imide groups is 1. The Hall–Kier alpha value is -4.98. The Morgan fingerprint density at radius 3 is 2.37 bits per heavy atom. The number of benzene rings is 2. The van der Waals surface area contributed by atoms with Gasteiger partial charge in [-0.1, -0.05) is 13.0 Å². The number of esters is 1. The van der Waals surface area contributed by atoms with Crippen molar-refractivity contribution >= 4 is 43.2 Å². The highest BCUT2D eigenvalue weighted by molar-refractivity contribution is 7.46. The van der Waals surface area contributed by atoms with Gasteiger partial charge >= 0.3 is 19.9 Å². The normalized spacial score (nSPS) is 13.1. The Bertz CT molecular complexity index is 1710. The van der Waals surface area contributed by atoms with Crippen molar-refractivity contribution in [3.63, 3.8) is 0 Å². The number of nitrogens with two attached hydrogens (primary N) is 1. The molecule has 4 rings (SSSR count). The number of carbonyl (C=O) groups excluding carboxylic acids is 4. The molecule has 1 fully saturated rings. The lowest BCUT2D eigenvalue weighted by molar-refractivity contribution is -0.0105. The van der Waals surface area contributed by atoms with Gasteiger partial charge in [-0.3, -0.25) is 19.4 Å². The summed E-state index contributed by atoms with van der Waals surface area (Å²) in [4.78, 5) is 77.1. The Morgan fingerprint density at radius 2 is 1.74 bits per heavy atom. The fraction of sp³-hybridized carbons (Fsp3) is 0.300. The Labute approximate surface area is 264 Å². The van der Waals surface area contributed by atoms with E-state index < -0.39 is 32.6 Å². The van der Waals surface area contributed by atoms with E-state index in [4.69, 9.17) is 25.0 Å². The fourth-order valence-electron chi connectivity index (χ4n) is 4.27. The van der Waals surface area contributed by atoms with Crippen LogP contribution in [0, 0.1) is 13.8 Å². The lowest BCUT2D eigenvalue weighted by Crippen LogP contribution is -2.38. The molecule has 1 aromatic heterocycles. The molecule has 1 aliphatic rings. The summed E-state index contributed by atoms with van der Waals surface area (Å²) in [6.07, 6.45) is 2.68. The molecule has 0 atom stereocenters. The lowest BCUT2D eigenvalue weighted by Gasteiger charge is -2.19. The molecule has 0 radical (unpaired) electrons. The van der Waals surface area contributed by atoms with Gasteiger partial charge in [0.25, 0.3) is 11.8 Å². The third-order valence-electron chi connectivity index (χ3n) is 6.85. The molecular weight excluding hydrogens is 621 g/mol. The summed E-state index contributed by atoms with van der Waals surface area (Å²) in [6.45, 7) is 4.43. The summed E-state index contributed by atoms with van der Waals surface area (Å²) in [5.74, 6) is -1.87. The zero-order valence-electron chi connectivity index (χ0n) is 25.3. The van der Waals surface area contributed by atoms with E-state index in [-0.39, 0.29) is 41.2 Å². The maximum absolute atomic E-state index is 13.4. The third-order valence-corrected chi connectivity index (χ3v) is 7.30. The molecule has 2 aromatic carbocycles. The smallest absolute Gasteiger partial charge is 0.424 e. The highest BCUT2D eigenvalue weighted by Gasteiger charge is 2.28. The molecule has 1 heterocycles. The van der Waals surface area contributed by atoms with Crippen LogP contribution in [0.15, 0.2) is 53.7 Å². The number of aromatic nitrogens is 1. The zero-order chi connectivity index (χ0) is 33.6. The standard InChI is InChI=1S/C30H34N5O10P/c1-4-13-35(30(39)44-16-43-29(38)19-7-11-22(12-8-19)45-46(40,41)42)28(37)23-15-32-25(18(23)3)26(31)34-24-14-20(6-5-17(24)2)27(36)33-21-9-10-21/h5-8,11-12,14-15,21,32H,4,9-10,13,16H2,1-3H3,(H2,31,34)(H,33,36)(H2,40,41,42). The van der Waals surface area contributed by atoms with Crippen molar-refractivity contribution in [2.45, 2.75) is 46.1 Å². The molecule has 46 heavy (non-hydrogen) atoms. The second-order valence-electron chi connectivity index (χ2n) is 10.5. The first-order chi connectivity index (χ1) is 21.8. The number of amides is 3. The summed E-state index contributed by atoms with van der Waals surface area (Å²) < 4.78 is 25.3. The fourth-order valence-corrected chi connectivity index (χ4v) is 4.66. The van der Waals surface area contributed by atoms with Crippen LogP contribution in [0.5, 0.6) is 5.75 Å². The first kappa shape index (κ1) is 33.9. The van der Waals surface area contributed by atoms with Gasteiger partial charge in [-0.2, -0.15) is 0 Å². The largest absolute Gasteiger partial charge is 0.524 e. The molecule has 1 saturated carbocycles. The van der Waals surface area contributed by atoms with Crippen molar-refractivity contribution in [2.24, 2.45) is 10.7 Å². The van der Waals surface area contributed by atoms with Crippen LogP contribution in [0.2, 0.25) is 0 Å². The molecule has 244 valence electrons. The van der Waals surface area contributed by atoms with Crippen molar-refractivity contribution in [1.29, 1.82) is 0 Å². The van der Waals surface area contributed by atoms with Crippen LogP contribution in [-0.2, 0) is 14.0 Å². The van der Waals surface area contributed by atoms with Gasteiger partial charge in [0.1, 0.15) is 11.6 Å². The Kier molecular flexibility index (Phi) is 10.6. The molecule has 6 N–H and O–H groups in total. The average molecular weight is 656 g/mol. The molecule has 15 nitrogen and oxygen atoms in total. The maximum atomic E-state index is 13.4. The van der Waals surface area contributed by atoms with Crippen molar-refractivity contribution in [2.75, 3.05) is 13.3 Å². The van der Waals surface area contributed by atoms with E-state index in [1.165, 1.54) is 18.3 Å². The molecular formula is C30H34N5O10P. The first-order valence-electron chi connectivity index (χ1n) is 14.2. The number of nitrogens with zero attached hydrogens (tertiary/aromatic N) is 2. The van der Waals surface area contributed by atoms with Crippen LogP contribution in [0.25, 0.3) is 0 Å². The topological polar surface area (TPSA) is 223 Å². The monoisotopic (exact) mass is 655 g/mol. The minimum atomic E-state index is -4.76. The molecule has 0 bridgehead atoms. The van der Waals surface area contributed by atoms with Crippen molar-refractivity contribution in [3.8, 4) is 5.75 Å². The number of aryl methyl sites for hydroxylation is 1. The van der Waals surface area contributed by atoms with Crippen molar-refractivity contribution in [1.82, 2.24) is 15.2 Å². The number of ether oxygens (including phenoxy) is 2. The van der Waals surface area contributed by atoms with Crippen LogP contribution in [0.1, 0.15) is 74.1 Å². The Morgan fingerprint density at radius 1 is 1.07 bits per heavy atom. The molecule has 16 heteroatoms. The molecule has 0 spiro atoms. The van der Waals surface area contributed by atoms with E-state index in [1.807, 2.05) is 6.92 Å². The predicted molar refractivity (Wildman–Crippen MR) is 165 cm³/mol. The maximum Gasteiger partial charge on any atom is 0.524 e. The van der Waals surface area contributed by atoms with Gasteiger partial charge in [0.15, 0.2) is 0 Å². The molecule has 0 saturated heterocycles. The number of carbonyl (C=O) groups is 4. The van der Waals surface area contributed by atoms with Crippen molar-refractivity contribution < 1.29 is 47.5 Å². The number of nitrogens with one attached hydrogen (secondary N) is 2. The zero-order valence-corrected chi connectivity index (χ0v) is 26.2. The summed E-state index contributed by atoms with van der Waals surface area (Å²) in [5.41, 5.74) is 8.95. The number of hydrogen-bond acceptors (Lipinski definition) is 9. The summed E-state index contributed by atoms with van der Waals surface area (Å²) in [6, 6.07) is 10.0. The highest BCUT2D eigenvalue weighted by Crippen LogP contribution is 2.37. The number of aromatic amines is 1. The SMILES string of the molecule is CCCN(C(=O)OCOC(=O)c1ccc(OP(=O)(O)O)cc1)C(=O)c1c[nH]c(C(N)=Nc2cc(C(=O)NC3CC3)ccc2C)c1C. The molecule has 3 amide bonds. The lowest BCUT2D eigenvalue weighted by atomic mass is 10.1. The van der Waals surface area contributed by atoms with E-state index in [1.54, 1.807) is 32.0 Å². The highest BCUT2D eigenvalue weighted by atomic mass is 31.2. The van der Waals surface area contributed by atoms with Gasteiger partial charge in [0.2, 0.25) is 6.79 Å². The number of rotatable bonds is 12. The number of hydrogen-bond donors (Lipinski definition) is 5. The van der Waals surface area contributed by atoms with Crippen LogP contribution in [0.3, 0.4) is 0 Å². The molecule has 0 aliphatic heterocycles. The van der Waals surface area contributed by atoms with Gasteiger partial charge in [-0.15, -0.1) is 0 Å². The van der Waals surface area contributed by atoms with E-state index >= 15 is 0 Å². The van der Waals surface area contributed by atoms with Crippen LogP contribution < -0.4 is 15.6 Å². The summed E-state index contributed by atoms with van der Waals surface area (Å²) in [7, 11) is -4.76. The molecule has 1 aliphatic carbocycles. The van der Waals surface area contributed by atoms with Gasteiger partial charge in [-0.05, 0) is 80.6 Å². The Balaban J connectivity index is 1.40. The minimum Gasteiger partial charge on any atom is -0.424 e. The average Bonchev–Trinajstić information content (AvgIpc) is 3.73. The predicted octanol–water partition coefficient (Wildman–Crippen LogP) is 3.84. The number of H-pyrrole nitrogens is 1. The van der Waals surface area contributed by atoms with E-state index in [0.717, 1.165) is 35.4 Å². The van der Waals surface area contributed by atoms with Gasteiger partial charge in [0, 0.05) is 24.3 Å². The summed E-state index contributed by atoms with van der Waals surface area (Å²) >= 11 is 0. The third kappa shape index (κ3) is 8.81. The van der Waals surface area contributed by atoms with Gasteiger partial charge in [0.05, 0.1) is 22.5 Å². The number of phosphoric acid groups is 1. The quantitative estimate of drug-likeness (QED) is 0.0620. The van der Waals surface area contributed by atoms with E-state index in [0.29, 0.717) is 28.9 Å². The molecule has 0 unspecified atom stereocenters. The van der Waals surface area contributed by atoms with Crippen LogP contribution >= 0.6 is 7.82 Å². The molecule has 3 aromatic rings. The number of phosphoric ester groups is 1. The second kappa shape index (κ2) is 14.4. The van der Waals surface area contributed by atoms with Crippen molar-refractivity contribution in [3.05, 3.63) is 82.2 Å². The number of aliphatic imine (C=N–C) groups is 1. The van der Waals surface area contributed by atoms with Crippen LogP contribution in [0.4, 0.5) is 10.5 Å². The van der Waals surface area contributed by atoms with Crippen LogP contribution in [-0.4, -0.2) is 68.8 Å². The minimum absolute atomic E-state index is 0.00504.